The lowest BCUT2D eigenvalue weighted by Crippen LogP contribution is -2.23. The molecule has 0 aliphatic rings. The highest BCUT2D eigenvalue weighted by Gasteiger charge is 2.25. The largest absolute Gasteiger partial charge is 0.481 e. The van der Waals surface area contributed by atoms with E-state index in [2.05, 4.69) is 15.9 Å². The minimum atomic E-state index is -1.58. The molecule has 2 atom stereocenters. The van der Waals surface area contributed by atoms with Crippen molar-refractivity contribution < 1.29 is 30.0 Å². The highest BCUT2D eigenvalue weighted by atomic mass is 79.9. The van der Waals surface area contributed by atoms with E-state index >= 15 is 0 Å². The van der Waals surface area contributed by atoms with Gasteiger partial charge in [0.1, 0.15) is 6.10 Å². The van der Waals surface area contributed by atoms with Gasteiger partial charge in [-0.25, -0.2) is 4.79 Å². The summed E-state index contributed by atoms with van der Waals surface area (Å²) >= 11 is 3.11. The molecule has 0 aromatic heterocycles. The summed E-state index contributed by atoms with van der Waals surface area (Å²) in [7, 11) is 0. The Balaban J connectivity index is 3.10. The van der Waals surface area contributed by atoms with Gasteiger partial charge in [-0.3, -0.25) is 4.79 Å². The summed E-state index contributed by atoms with van der Waals surface area (Å²) in [5.41, 5.74) is -0.222. The number of halogens is 1. The van der Waals surface area contributed by atoms with Gasteiger partial charge in [0.05, 0.1) is 18.1 Å². The van der Waals surface area contributed by atoms with Crippen LogP contribution >= 0.6 is 15.9 Å². The highest BCUT2D eigenvalue weighted by Crippen LogP contribution is 2.26. The van der Waals surface area contributed by atoms with Gasteiger partial charge in [0, 0.05) is 4.47 Å². The maximum Gasteiger partial charge on any atom is 0.336 e. The number of carbonyl (C=O) groups is 2. The minimum absolute atomic E-state index is 0.0365. The van der Waals surface area contributed by atoms with E-state index < -0.39 is 30.6 Å². The number of aliphatic hydroxyl groups excluding tert-OH is 2. The number of rotatable bonds is 5. The summed E-state index contributed by atoms with van der Waals surface area (Å²) in [5.74, 6) is -2.55. The number of carboxylic acids is 2. The second kappa shape index (κ2) is 5.94. The first-order valence-electron chi connectivity index (χ1n) is 4.93. The lowest BCUT2D eigenvalue weighted by molar-refractivity contribution is -0.141. The molecule has 0 heterocycles. The molecule has 1 aromatic rings. The number of carboxylic acid groups (broad SMARTS) is 2. The lowest BCUT2D eigenvalue weighted by Gasteiger charge is -2.18. The molecule has 0 saturated carbocycles. The van der Waals surface area contributed by atoms with Crippen LogP contribution in [0.1, 0.15) is 28.4 Å². The van der Waals surface area contributed by atoms with Crippen LogP contribution in [0.5, 0.6) is 0 Å². The van der Waals surface area contributed by atoms with Crippen molar-refractivity contribution in [1.29, 1.82) is 0 Å². The van der Waals surface area contributed by atoms with Gasteiger partial charge in [0.25, 0.3) is 0 Å². The first-order chi connectivity index (χ1) is 8.32. The monoisotopic (exact) mass is 318 g/mol. The Morgan fingerprint density at radius 3 is 2.33 bits per heavy atom. The Bertz CT molecular complexity index is 473. The smallest absolute Gasteiger partial charge is 0.336 e. The van der Waals surface area contributed by atoms with E-state index in [1.54, 1.807) is 0 Å². The molecule has 0 fully saturated rings. The number of aliphatic hydroxyl groups is 2. The summed E-state index contributed by atoms with van der Waals surface area (Å²) in [6.07, 6.45) is -3.83. The number of hydrogen-bond acceptors (Lipinski definition) is 4. The molecule has 0 amide bonds. The van der Waals surface area contributed by atoms with Crippen molar-refractivity contribution in [3.63, 3.8) is 0 Å². The standard InChI is InChI=1S/C11H11BrO6/c12-5-1-2-6(11(17)18)7(3-5)10(16)8(13)4-9(14)15/h1-3,8,10,13,16H,4H2,(H,14,15)(H,17,18). The molecule has 18 heavy (non-hydrogen) atoms. The molecule has 0 bridgehead atoms. The molecule has 0 spiro atoms. The van der Waals surface area contributed by atoms with Crippen LogP contribution in [0.4, 0.5) is 0 Å². The Morgan fingerprint density at radius 2 is 1.83 bits per heavy atom. The first-order valence-corrected chi connectivity index (χ1v) is 5.73. The van der Waals surface area contributed by atoms with Crippen molar-refractivity contribution >= 4 is 27.9 Å². The van der Waals surface area contributed by atoms with Crippen molar-refractivity contribution in [2.24, 2.45) is 0 Å². The predicted octanol–water partition coefficient (Wildman–Crippen LogP) is 1.02. The van der Waals surface area contributed by atoms with Gasteiger partial charge in [0.15, 0.2) is 0 Å². The Hall–Kier alpha value is -1.44. The fraction of sp³-hybridized carbons (Fsp3) is 0.273. The molecule has 0 saturated heterocycles. The van der Waals surface area contributed by atoms with Crippen LogP contribution in [0.3, 0.4) is 0 Å². The van der Waals surface area contributed by atoms with Gasteiger partial charge >= 0.3 is 11.9 Å². The van der Waals surface area contributed by atoms with Gasteiger partial charge in [-0.05, 0) is 23.8 Å². The van der Waals surface area contributed by atoms with Crippen LogP contribution in [0, 0.1) is 0 Å². The third kappa shape index (κ3) is 3.52. The molecular weight excluding hydrogens is 308 g/mol. The fourth-order valence-corrected chi connectivity index (χ4v) is 1.85. The first kappa shape index (κ1) is 14.6. The van der Waals surface area contributed by atoms with Crippen molar-refractivity contribution in [1.82, 2.24) is 0 Å². The lowest BCUT2D eigenvalue weighted by atomic mass is 9.97. The van der Waals surface area contributed by atoms with Crippen LogP contribution < -0.4 is 0 Å². The van der Waals surface area contributed by atoms with Crippen LogP contribution in [0.25, 0.3) is 0 Å². The van der Waals surface area contributed by atoms with Gasteiger partial charge in [-0.15, -0.1) is 0 Å². The van der Waals surface area contributed by atoms with E-state index in [0.717, 1.165) is 0 Å². The summed E-state index contributed by atoms with van der Waals surface area (Å²) < 4.78 is 0.518. The average molecular weight is 319 g/mol. The van der Waals surface area contributed by atoms with Crippen LogP contribution in [0.2, 0.25) is 0 Å². The van der Waals surface area contributed by atoms with Crippen molar-refractivity contribution in [3.05, 3.63) is 33.8 Å². The Morgan fingerprint density at radius 1 is 1.22 bits per heavy atom. The van der Waals surface area contributed by atoms with E-state index in [9.17, 15) is 19.8 Å². The zero-order valence-corrected chi connectivity index (χ0v) is 10.7. The summed E-state index contributed by atoms with van der Waals surface area (Å²) in [6, 6.07) is 4.07. The van der Waals surface area contributed by atoms with Gasteiger partial charge in [-0.1, -0.05) is 15.9 Å². The number of hydrogen-bond donors (Lipinski definition) is 4. The minimum Gasteiger partial charge on any atom is -0.481 e. The highest BCUT2D eigenvalue weighted by molar-refractivity contribution is 9.10. The Kier molecular flexibility index (Phi) is 4.83. The molecule has 2 unspecified atom stereocenters. The molecule has 4 N–H and O–H groups in total. The molecule has 7 heteroatoms. The van der Waals surface area contributed by atoms with E-state index in [1.165, 1.54) is 18.2 Å². The van der Waals surface area contributed by atoms with E-state index in [4.69, 9.17) is 10.2 Å². The van der Waals surface area contributed by atoms with Crippen molar-refractivity contribution in [2.45, 2.75) is 18.6 Å². The van der Waals surface area contributed by atoms with Crippen molar-refractivity contribution in [2.75, 3.05) is 0 Å². The summed E-state index contributed by atoms with van der Waals surface area (Å²) in [4.78, 5) is 21.4. The van der Waals surface area contributed by atoms with E-state index in [1.807, 2.05) is 0 Å². The maximum absolute atomic E-state index is 11.0. The molecule has 0 aliphatic heterocycles. The van der Waals surface area contributed by atoms with E-state index in [-0.39, 0.29) is 11.1 Å². The number of benzene rings is 1. The molecule has 0 radical (unpaired) electrons. The van der Waals surface area contributed by atoms with Crippen molar-refractivity contribution in [3.8, 4) is 0 Å². The normalized spacial score (nSPS) is 13.9. The number of aliphatic carboxylic acids is 1. The molecular formula is C11H11BrO6. The Labute approximate surface area is 111 Å². The SMILES string of the molecule is O=C(O)CC(O)C(O)c1cc(Br)ccc1C(=O)O. The van der Waals surface area contributed by atoms with Crippen LogP contribution in [-0.2, 0) is 4.79 Å². The average Bonchev–Trinajstić information content (AvgIpc) is 2.26. The summed E-state index contributed by atoms with van der Waals surface area (Å²) in [5, 5.41) is 36.8. The molecule has 6 nitrogen and oxygen atoms in total. The van der Waals surface area contributed by atoms with Gasteiger partial charge in [0.2, 0.25) is 0 Å². The maximum atomic E-state index is 11.0. The van der Waals surface area contributed by atoms with E-state index in [0.29, 0.717) is 4.47 Å². The second-order valence-electron chi connectivity index (χ2n) is 3.65. The topological polar surface area (TPSA) is 115 Å². The predicted molar refractivity (Wildman–Crippen MR) is 64.3 cm³/mol. The molecule has 98 valence electrons. The summed E-state index contributed by atoms with van der Waals surface area (Å²) in [6.45, 7) is 0. The fourth-order valence-electron chi connectivity index (χ4n) is 1.47. The zero-order valence-electron chi connectivity index (χ0n) is 9.08. The van der Waals surface area contributed by atoms with Gasteiger partial charge < -0.3 is 20.4 Å². The quantitative estimate of drug-likeness (QED) is 0.644. The number of aromatic carboxylic acids is 1. The van der Waals surface area contributed by atoms with Gasteiger partial charge in [-0.2, -0.15) is 0 Å². The van der Waals surface area contributed by atoms with Crippen LogP contribution in [0.15, 0.2) is 22.7 Å². The second-order valence-corrected chi connectivity index (χ2v) is 4.56. The zero-order chi connectivity index (χ0) is 13.9. The molecule has 0 aliphatic carbocycles. The van der Waals surface area contributed by atoms with Crippen LogP contribution in [-0.4, -0.2) is 38.5 Å². The molecule has 1 rings (SSSR count). The molecule has 1 aromatic carbocycles. The third-order valence-electron chi connectivity index (χ3n) is 2.31. The third-order valence-corrected chi connectivity index (χ3v) is 2.80.